The molecule has 7 nitrogen and oxygen atoms in total. The van der Waals surface area contributed by atoms with Crippen molar-refractivity contribution in [3.8, 4) is 0 Å². The smallest absolute Gasteiger partial charge is 0.165 e. The lowest BCUT2D eigenvalue weighted by Crippen LogP contribution is -2.15. The summed E-state index contributed by atoms with van der Waals surface area (Å²) in [4.78, 5) is 12.4. The van der Waals surface area contributed by atoms with Gasteiger partial charge in [-0.15, -0.1) is 0 Å². The largest absolute Gasteiger partial charge is 0.396 e. The van der Waals surface area contributed by atoms with E-state index in [0.717, 1.165) is 12.8 Å². The Morgan fingerprint density at radius 2 is 1.84 bits per heavy atom. The Morgan fingerprint density at radius 3 is 2.47 bits per heavy atom. The SMILES string of the molecule is Nc1ncnc2c1ncn2C1C[C@@H](CO)[C@@H](CO)C1. The molecule has 1 saturated carbocycles. The number of anilines is 1. The molecule has 0 bridgehead atoms. The van der Waals surface area contributed by atoms with Crippen molar-refractivity contribution in [3.63, 3.8) is 0 Å². The number of aromatic nitrogens is 4. The lowest BCUT2D eigenvalue weighted by atomic mass is 9.98. The molecular weight excluding hydrogens is 246 g/mol. The summed E-state index contributed by atoms with van der Waals surface area (Å²) in [6.45, 7) is 0.205. The van der Waals surface area contributed by atoms with E-state index in [0.29, 0.717) is 17.0 Å². The number of nitrogens with two attached hydrogens (primary N) is 1. The van der Waals surface area contributed by atoms with Crippen molar-refractivity contribution < 1.29 is 10.2 Å². The van der Waals surface area contributed by atoms with Crippen molar-refractivity contribution in [2.45, 2.75) is 18.9 Å². The molecule has 3 rings (SSSR count). The molecule has 1 unspecified atom stereocenters. The van der Waals surface area contributed by atoms with Gasteiger partial charge in [0.2, 0.25) is 0 Å². The molecule has 4 N–H and O–H groups in total. The first-order chi connectivity index (χ1) is 9.24. The van der Waals surface area contributed by atoms with Crippen LogP contribution in [0.3, 0.4) is 0 Å². The second-order valence-electron chi connectivity index (χ2n) is 5.09. The highest BCUT2D eigenvalue weighted by Gasteiger charge is 2.35. The molecule has 2 heterocycles. The zero-order chi connectivity index (χ0) is 13.4. The van der Waals surface area contributed by atoms with Crippen LogP contribution in [0.15, 0.2) is 12.7 Å². The molecule has 19 heavy (non-hydrogen) atoms. The van der Waals surface area contributed by atoms with Gasteiger partial charge in [-0.05, 0) is 24.7 Å². The van der Waals surface area contributed by atoms with E-state index >= 15 is 0 Å². The normalized spacial score (nSPS) is 27.2. The molecule has 1 fully saturated rings. The highest BCUT2D eigenvalue weighted by Crippen LogP contribution is 2.40. The standard InChI is InChI=1S/C12H17N5O2/c13-11-10-12(15-5-14-11)17(6-16-10)9-1-7(3-18)8(2-9)4-19/h5-9,18-19H,1-4H2,(H2,13,14,15)/t7-,8+,9?. The third-order valence-corrected chi connectivity index (χ3v) is 4.07. The van der Waals surface area contributed by atoms with Crippen molar-refractivity contribution >= 4 is 17.0 Å². The summed E-state index contributed by atoms with van der Waals surface area (Å²) < 4.78 is 1.98. The van der Waals surface area contributed by atoms with Gasteiger partial charge in [-0.1, -0.05) is 0 Å². The van der Waals surface area contributed by atoms with Gasteiger partial charge >= 0.3 is 0 Å². The van der Waals surface area contributed by atoms with Gasteiger partial charge in [-0.3, -0.25) is 0 Å². The predicted molar refractivity (Wildman–Crippen MR) is 69.2 cm³/mol. The number of hydrogen-bond donors (Lipinski definition) is 3. The van der Waals surface area contributed by atoms with Crippen LogP contribution in [0.5, 0.6) is 0 Å². The number of hydrogen-bond acceptors (Lipinski definition) is 6. The van der Waals surface area contributed by atoms with Gasteiger partial charge in [-0.25, -0.2) is 15.0 Å². The number of fused-ring (bicyclic) bond motifs is 1. The first kappa shape index (κ1) is 12.3. The number of aliphatic hydroxyl groups is 2. The maximum Gasteiger partial charge on any atom is 0.165 e. The van der Waals surface area contributed by atoms with Gasteiger partial charge < -0.3 is 20.5 Å². The van der Waals surface area contributed by atoms with Crippen molar-refractivity contribution in [1.82, 2.24) is 19.5 Å². The van der Waals surface area contributed by atoms with E-state index in [-0.39, 0.29) is 31.1 Å². The Hall–Kier alpha value is -1.73. The topological polar surface area (TPSA) is 110 Å². The molecule has 2 aromatic heterocycles. The average Bonchev–Trinajstić information content (AvgIpc) is 3.02. The predicted octanol–water partition coefficient (Wildman–Crippen LogP) is -0.0396. The molecule has 0 radical (unpaired) electrons. The highest BCUT2D eigenvalue weighted by molar-refractivity contribution is 5.81. The van der Waals surface area contributed by atoms with E-state index in [4.69, 9.17) is 5.73 Å². The monoisotopic (exact) mass is 263 g/mol. The molecule has 3 atom stereocenters. The lowest BCUT2D eigenvalue weighted by Gasteiger charge is -2.12. The Bertz CT molecular complexity index is 573. The summed E-state index contributed by atoms with van der Waals surface area (Å²) in [5.74, 6) is 0.637. The van der Waals surface area contributed by atoms with Crippen molar-refractivity contribution in [1.29, 1.82) is 0 Å². The Morgan fingerprint density at radius 1 is 1.16 bits per heavy atom. The van der Waals surface area contributed by atoms with E-state index in [1.54, 1.807) is 6.33 Å². The minimum Gasteiger partial charge on any atom is -0.396 e. The maximum absolute atomic E-state index is 9.36. The number of nitrogen functional groups attached to an aromatic ring is 1. The van der Waals surface area contributed by atoms with Crippen LogP contribution in [-0.4, -0.2) is 42.9 Å². The Labute approximate surface area is 110 Å². The summed E-state index contributed by atoms with van der Waals surface area (Å²) in [6.07, 6.45) is 4.78. The van der Waals surface area contributed by atoms with Crippen LogP contribution in [0.4, 0.5) is 5.82 Å². The second-order valence-corrected chi connectivity index (χ2v) is 5.09. The molecule has 0 aliphatic heterocycles. The third-order valence-electron chi connectivity index (χ3n) is 4.07. The third kappa shape index (κ3) is 1.95. The van der Waals surface area contributed by atoms with E-state index in [2.05, 4.69) is 15.0 Å². The Kier molecular flexibility index (Phi) is 3.08. The average molecular weight is 263 g/mol. The van der Waals surface area contributed by atoms with Crippen molar-refractivity contribution in [2.75, 3.05) is 18.9 Å². The molecule has 0 spiro atoms. The summed E-state index contributed by atoms with van der Waals surface area (Å²) >= 11 is 0. The van der Waals surface area contributed by atoms with E-state index in [9.17, 15) is 10.2 Å². The molecule has 0 aromatic carbocycles. The molecule has 7 heteroatoms. The van der Waals surface area contributed by atoms with Crippen LogP contribution in [0.2, 0.25) is 0 Å². The Balaban J connectivity index is 1.95. The van der Waals surface area contributed by atoms with Crippen LogP contribution in [0.25, 0.3) is 11.2 Å². The summed E-state index contributed by atoms with van der Waals surface area (Å²) in [5, 5.41) is 18.7. The molecule has 102 valence electrons. The van der Waals surface area contributed by atoms with E-state index in [1.165, 1.54) is 6.33 Å². The fourth-order valence-corrected chi connectivity index (χ4v) is 2.99. The lowest BCUT2D eigenvalue weighted by molar-refractivity contribution is 0.141. The number of aliphatic hydroxyl groups excluding tert-OH is 2. The minimum atomic E-state index is 0.103. The highest BCUT2D eigenvalue weighted by atomic mass is 16.3. The van der Waals surface area contributed by atoms with Crippen LogP contribution < -0.4 is 5.73 Å². The molecule has 0 saturated heterocycles. The summed E-state index contributed by atoms with van der Waals surface area (Å²) in [7, 11) is 0. The van der Waals surface area contributed by atoms with Crippen molar-refractivity contribution in [2.24, 2.45) is 11.8 Å². The van der Waals surface area contributed by atoms with Gasteiger partial charge in [0.05, 0.1) is 6.33 Å². The molecule has 1 aliphatic rings. The molecular formula is C12H17N5O2. The fraction of sp³-hybridized carbons (Fsp3) is 0.583. The molecule has 2 aromatic rings. The van der Waals surface area contributed by atoms with Crippen LogP contribution >= 0.6 is 0 Å². The van der Waals surface area contributed by atoms with Crippen LogP contribution in [0, 0.1) is 11.8 Å². The quantitative estimate of drug-likeness (QED) is 0.716. The maximum atomic E-state index is 9.36. The molecule has 1 aliphatic carbocycles. The van der Waals surface area contributed by atoms with E-state index < -0.39 is 0 Å². The zero-order valence-corrected chi connectivity index (χ0v) is 10.5. The summed E-state index contributed by atoms with van der Waals surface area (Å²) in [6, 6.07) is 0.189. The second kappa shape index (κ2) is 4.75. The van der Waals surface area contributed by atoms with Gasteiger partial charge in [0.1, 0.15) is 11.8 Å². The van der Waals surface area contributed by atoms with Gasteiger partial charge in [0, 0.05) is 19.3 Å². The van der Waals surface area contributed by atoms with Crippen LogP contribution in [0.1, 0.15) is 18.9 Å². The van der Waals surface area contributed by atoms with Gasteiger partial charge in [0.15, 0.2) is 11.5 Å². The number of imidazole rings is 1. The van der Waals surface area contributed by atoms with Crippen LogP contribution in [-0.2, 0) is 0 Å². The first-order valence-corrected chi connectivity index (χ1v) is 6.39. The number of rotatable bonds is 3. The number of nitrogens with zero attached hydrogens (tertiary/aromatic N) is 4. The first-order valence-electron chi connectivity index (χ1n) is 6.39. The fourth-order valence-electron chi connectivity index (χ4n) is 2.99. The van der Waals surface area contributed by atoms with E-state index in [1.807, 2.05) is 4.57 Å². The van der Waals surface area contributed by atoms with Crippen molar-refractivity contribution in [3.05, 3.63) is 12.7 Å². The molecule has 0 amide bonds. The minimum absolute atomic E-state index is 0.103. The zero-order valence-electron chi connectivity index (χ0n) is 10.5. The van der Waals surface area contributed by atoms with Gasteiger partial charge in [-0.2, -0.15) is 0 Å². The summed E-state index contributed by atoms with van der Waals surface area (Å²) in [5.41, 5.74) is 7.09. The van der Waals surface area contributed by atoms with Gasteiger partial charge in [0.25, 0.3) is 0 Å².